The summed E-state index contributed by atoms with van der Waals surface area (Å²) in [6.07, 6.45) is 4.36. The van der Waals surface area contributed by atoms with Gasteiger partial charge in [0.1, 0.15) is 36.1 Å². The van der Waals surface area contributed by atoms with E-state index in [4.69, 9.17) is 26.8 Å². The summed E-state index contributed by atoms with van der Waals surface area (Å²) in [4.78, 5) is 15.5. The second kappa shape index (κ2) is 13.8. The van der Waals surface area contributed by atoms with Crippen molar-refractivity contribution in [3.63, 3.8) is 0 Å². The molecule has 1 aliphatic carbocycles. The largest absolute Gasteiger partial charge is 0.488 e. The second-order valence-corrected chi connectivity index (χ2v) is 11.4. The van der Waals surface area contributed by atoms with Crippen molar-refractivity contribution in [1.29, 1.82) is 5.26 Å². The predicted octanol–water partition coefficient (Wildman–Crippen LogP) is 7.45. The van der Waals surface area contributed by atoms with E-state index >= 15 is 0 Å². The third-order valence-corrected chi connectivity index (χ3v) is 8.26. The van der Waals surface area contributed by atoms with Crippen molar-refractivity contribution in [2.24, 2.45) is 5.73 Å². The average molecular weight is 633 g/mol. The van der Waals surface area contributed by atoms with Crippen molar-refractivity contribution < 1.29 is 18.7 Å². The number of primary amides is 1. The number of carbonyl (C=O) groups is 1. The van der Waals surface area contributed by atoms with Crippen LogP contribution in [-0.4, -0.2) is 10.9 Å². The first-order valence-electron chi connectivity index (χ1n) is 14.8. The number of halogens is 2. The van der Waals surface area contributed by atoms with Crippen LogP contribution in [0.5, 0.6) is 11.5 Å². The topological polar surface area (TPSA) is 110 Å². The van der Waals surface area contributed by atoms with Crippen molar-refractivity contribution in [1.82, 2.24) is 10.3 Å². The number of amides is 1. The van der Waals surface area contributed by atoms with Gasteiger partial charge in [-0.15, -0.1) is 0 Å². The van der Waals surface area contributed by atoms with E-state index in [-0.39, 0.29) is 18.5 Å². The Hall–Kier alpha value is -5.23. The number of pyridine rings is 1. The molecule has 1 aromatic heterocycles. The zero-order valence-corrected chi connectivity index (χ0v) is 25.6. The molecule has 0 unspecified atom stereocenters. The summed E-state index contributed by atoms with van der Waals surface area (Å²) in [6.45, 7) is 1.15. The maximum Gasteiger partial charge on any atom is 0.248 e. The van der Waals surface area contributed by atoms with Gasteiger partial charge in [0.05, 0.1) is 10.6 Å². The molecule has 0 bridgehead atoms. The van der Waals surface area contributed by atoms with Crippen molar-refractivity contribution in [2.45, 2.75) is 38.6 Å². The lowest BCUT2D eigenvalue weighted by molar-refractivity contribution is 0.1000. The molecule has 6 rings (SSSR count). The van der Waals surface area contributed by atoms with Gasteiger partial charge in [-0.25, -0.2) is 4.39 Å². The van der Waals surface area contributed by atoms with Crippen LogP contribution < -0.4 is 20.5 Å². The van der Waals surface area contributed by atoms with Crippen molar-refractivity contribution in [2.75, 3.05) is 0 Å². The van der Waals surface area contributed by atoms with Gasteiger partial charge in [-0.05, 0) is 65.4 Å². The molecule has 1 amide bonds. The van der Waals surface area contributed by atoms with Crippen LogP contribution in [-0.2, 0) is 26.1 Å². The molecule has 7 nitrogen and oxygen atoms in total. The van der Waals surface area contributed by atoms with Gasteiger partial charge in [0, 0.05) is 53.8 Å². The van der Waals surface area contributed by atoms with Crippen LogP contribution in [0.25, 0.3) is 11.1 Å². The molecular weight excluding hydrogens is 603 g/mol. The van der Waals surface area contributed by atoms with E-state index in [1.165, 1.54) is 12.3 Å². The minimum atomic E-state index is -0.472. The number of nitriles is 1. The molecule has 0 radical (unpaired) electrons. The van der Waals surface area contributed by atoms with Gasteiger partial charge in [-0.3, -0.25) is 9.78 Å². The van der Waals surface area contributed by atoms with Crippen molar-refractivity contribution in [3.8, 4) is 28.7 Å². The maximum atomic E-state index is 14.7. The van der Waals surface area contributed by atoms with Crippen LogP contribution in [0.2, 0.25) is 5.02 Å². The lowest BCUT2D eigenvalue weighted by Crippen LogP contribution is -2.15. The Balaban J connectivity index is 1.24. The highest BCUT2D eigenvalue weighted by Gasteiger charge is 2.28. The Morgan fingerprint density at radius 3 is 2.57 bits per heavy atom. The molecule has 230 valence electrons. The van der Waals surface area contributed by atoms with E-state index in [0.717, 1.165) is 46.2 Å². The monoisotopic (exact) mass is 632 g/mol. The molecule has 0 spiro atoms. The minimum Gasteiger partial charge on any atom is -0.488 e. The van der Waals surface area contributed by atoms with Gasteiger partial charge in [0.25, 0.3) is 0 Å². The van der Waals surface area contributed by atoms with Crippen LogP contribution in [0.4, 0.5) is 4.39 Å². The Morgan fingerprint density at radius 1 is 0.978 bits per heavy atom. The summed E-state index contributed by atoms with van der Waals surface area (Å²) in [5, 5.41) is 13.1. The summed E-state index contributed by atoms with van der Waals surface area (Å²) in [5.41, 5.74) is 12.3. The van der Waals surface area contributed by atoms with E-state index in [0.29, 0.717) is 46.3 Å². The lowest BCUT2D eigenvalue weighted by atomic mass is 9.96. The highest BCUT2D eigenvalue weighted by Crippen LogP contribution is 2.43. The number of nitrogens with zero attached hydrogens (tertiary/aromatic N) is 2. The highest BCUT2D eigenvalue weighted by molar-refractivity contribution is 6.32. The summed E-state index contributed by atoms with van der Waals surface area (Å²) < 4.78 is 27.5. The molecule has 1 heterocycles. The zero-order chi connectivity index (χ0) is 32.0. The molecule has 0 saturated heterocycles. The standard InChI is InChI=1S/C37H30ClFN4O3/c38-32-15-27(21-43-18-23-8-10-26(11-9-23)37(41)44)35(45-22-25-14-24(17-40)19-42-20-25)16-36(32)46-34-13-12-29-28(5-3-6-31(29)34)30-4-1-2-7-33(30)39/h1-11,14-16,19-20,34,43H,12-13,18,21-22H2,(H2,41,44)/t34-/m0/s1. The van der Waals surface area contributed by atoms with E-state index in [1.54, 1.807) is 42.6 Å². The quantitative estimate of drug-likeness (QED) is 0.157. The Morgan fingerprint density at radius 2 is 1.78 bits per heavy atom. The number of nitrogens with two attached hydrogens (primary N) is 1. The average Bonchev–Trinajstić information content (AvgIpc) is 3.48. The number of nitrogens with one attached hydrogen (secondary N) is 1. The van der Waals surface area contributed by atoms with Crippen LogP contribution in [0.3, 0.4) is 0 Å². The fourth-order valence-electron chi connectivity index (χ4n) is 5.68. The van der Waals surface area contributed by atoms with E-state index in [1.807, 2.05) is 42.5 Å². The summed E-state index contributed by atoms with van der Waals surface area (Å²) >= 11 is 6.81. The first-order chi connectivity index (χ1) is 22.4. The smallest absolute Gasteiger partial charge is 0.248 e. The fraction of sp³-hybridized carbons (Fsp3) is 0.162. The molecule has 9 heteroatoms. The molecule has 0 saturated carbocycles. The summed E-state index contributed by atoms with van der Waals surface area (Å²) in [5.74, 6) is 0.310. The van der Waals surface area contributed by atoms with Gasteiger partial charge in [0.15, 0.2) is 0 Å². The molecule has 0 fully saturated rings. The van der Waals surface area contributed by atoms with Gasteiger partial charge in [0.2, 0.25) is 5.91 Å². The third kappa shape index (κ3) is 6.86. The second-order valence-electron chi connectivity index (χ2n) is 11.0. The molecule has 3 N–H and O–H groups in total. The SMILES string of the molecule is N#Cc1cncc(COc2cc(O[C@H]3CCc4c(-c5ccccc5F)cccc43)c(Cl)cc2CNCc2ccc(C(N)=O)cc2)c1. The summed E-state index contributed by atoms with van der Waals surface area (Å²) in [6, 6.07) is 27.2. The number of hydrogen-bond acceptors (Lipinski definition) is 6. The van der Waals surface area contributed by atoms with Gasteiger partial charge in [-0.1, -0.05) is 60.1 Å². The highest BCUT2D eigenvalue weighted by atomic mass is 35.5. The number of fused-ring (bicyclic) bond motifs is 1. The van der Waals surface area contributed by atoms with Crippen LogP contribution in [0.1, 0.15) is 56.3 Å². The first kappa shape index (κ1) is 30.8. The number of benzene rings is 4. The number of carbonyl (C=O) groups excluding carboxylic acids is 1. The molecule has 5 aromatic rings. The van der Waals surface area contributed by atoms with Gasteiger partial charge >= 0.3 is 0 Å². The molecule has 4 aromatic carbocycles. The predicted molar refractivity (Wildman–Crippen MR) is 174 cm³/mol. The Labute approximate surface area is 271 Å². The van der Waals surface area contributed by atoms with Gasteiger partial charge < -0.3 is 20.5 Å². The van der Waals surface area contributed by atoms with Crippen LogP contribution >= 0.6 is 11.6 Å². The van der Waals surface area contributed by atoms with E-state index in [9.17, 15) is 14.4 Å². The lowest BCUT2D eigenvalue weighted by Gasteiger charge is -2.20. The number of aromatic nitrogens is 1. The molecule has 0 aliphatic heterocycles. The van der Waals surface area contributed by atoms with E-state index in [2.05, 4.69) is 16.4 Å². The molecule has 1 aliphatic rings. The van der Waals surface area contributed by atoms with Crippen LogP contribution in [0.15, 0.2) is 97.3 Å². The minimum absolute atomic E-state index is 0.184. The maximum absolute atomic E-state index is 14.7. The summed E-state index contributed by atoms with van der Waals surface area (Å²) in [7, 11) is 0. The van der Waals surface area contributed by atoms with Crippen molar-refractivity contribution in [3.05, 3.63) is 147 Å². The van der Waals surface area contributed by atoms with Crippen LogP contribution in [0, 0.1) is 17.1 Å². The van der Waals surface area contributed by atoms with Gasteiger partial charge in [-0.2, -0.15) is 5.26 Å². The third-order valence-electron chi connectivity index (χ3n) is 7.97. The molecular formula is C37H30ClFN4O3. The normalized spacial score (nSPS) is 13.5. The first-order valence-corrected chi connectivity index (χ1v) is 15.2. The fourth-order valence-corrected chi connectivity index (χ4v) is 5.91. The Bertz CT molecular complexity index is 1940. The number of ether oxygens (including phenoxy) is 2. The van der Waals surface area contributed by atoms with Crippen molar-refractivity contribution >= 4 is 17.5 Å². The Kier molecular flexibility index (Phi) is 9.25. The molecule has 1 atom stereocenters. The molecule has 46 heavy (non-hydrogen) atoms. The number of hydrogen-bond donors (Lipinski definition) is 2. The van der Waals surface area contributed by atoms with E-state index < -0.39 is 5.91 Å². The number of rotatable bonds is 11. The zero-order valence-electron chi connectivity index (χ0n) is 24.8.